The Kier molecular flexibility index (Phi) is 5.18. The maximum absolute atomic E-state index is 13.0. The van der Waals surface area contributed by atoms with Crippen molar-refractivity contribution in [2.45, 2.75) is 20.8 Å². The van der Waals surface area contributed by atoms with Crippen LogP contribution in [-0.2, 0) is 0 Å². The number of hydrogen-bond acceptors (Lipinski definition) is 4. The average Bonchev–Trinajstić information content (AvgIpc) is 3.08. The van der Waals surface area contributed by atoms with Crippen molar-refractivity contribution in [3.63, 3.8) is 0 Å². The fraction of sp³-hybridized carbons (Fsp3) is 0.174. The molecule has 1 amide bonds. The van der Waals surface area contributed by atoms with Crippen molar-refractivity contribution in [2.24, 2.45) is 0 Å². The van der Waals surface area contributed by atoms with Gasteiger partial charge in [0.05, 0.1) is 34.5 Å². The zero-order chi connectivity index (χ0) is 21.4. The Morgan fingerprint density at radius 3 is 2.37 bits per heavy atom. The predicted octanol–water partition coefficient (Wildman–Crippen LogP) is 5.26. The van der Waals surface area contributed by atoms with Gasteiger partial charge >= 0.3 is 0 Å². The quantitative estimate of drug-likeness (QED) is 0.489. The molecule has 1 N–H and O–H groups in total. The molecule has 7 heteroatoms. The highest BCUT2D eigenvalue weighted by Crippen LogP contribution is 2.31. The fourth-order valence-corrected chi connectivity index (χ4v) is 3.82. The number of carbonyl (C=O) groups excluding carboxylic acids is 1. The first-order chi connectivity index (χ1) is 14.4. The van der Waals surface area contributed by atoms with Crippen LogP contribution in [0.3, 0.4) is 0 Å². The summed E-state index contributed by atoms with van der Waals surface area (Å²) in [6.45, 7) is 5.76. The molecule has 152 valence electrons. The molecule has 6 nitrogen and oxygen atoms in total. The molecule has 0 aliphatic heterocycles. The van der Waals surface area contributed by atoms with Crippen molar-refractivity contribution in [2.75, 3.05) is 12.4 Å². The fourth-order valence-electron chi connectivity index (χ4n) is 3.46. The first kappa shape index (κ1) is 19.9. The molecular weight excluding hydrogens is 400 g/mol. The van der Waals surface area contributed by atoms with Gasteiger partial charge in [0.1, 0.15) is 5.75 Å². The van der Waals surface area contributed by atoms with Gasteiger partial charge in [0.2, 0.25) is 0 Å². The van der Waals surface area contributed by atoms with Gasteiger partial charge in [-0.3, -0.25) is 4.79 Å². The summed E-state index contributed by atoms with van der Waals surface area (Å²) in [5, 5.41) is 8.54. The Balaban J connectivity index is 1.76. The second-order valence-electron chi connectivity index (χ2n) is 7.10. The summed E-state index contributed by atoms with van der Waals surface area (Å²) in [6.07, 6.45) is 1.49. The van der Waals surface area contributed by atoms with Crippen molar-refractivity contribution in [3.8, 4) is 11.4 Å². The summed E-state index contributed by atoms with van der Waals surface area (Å²) in [5.41, 5.74) is 5.17. The van der Waals surface area contributed by atoms with E-state index < -0.39 is 0 Å². The van der Waals surface area contributed by atoms with Crippen LogP contribution in [0, 0.1) is 20.8 Å². The van der Waals surface area contributed by atoms with Crippen LogP contribution in [0.1, 0.15) is 27.2 Å². The van der Waals surface area contributed by atoms with Crippen molar-refractivity contribution < 1.29 is 9.53 Å². The molecule has 4 aromatic rings. The Morgan fingerprint density at radius 2 is 1.73 bits per heavy atom. The largest absolute Gasteiger partial charge is 0.497 e. The number of methoxy groups -OCH3 is 1. The van der Waals surface area contributed by atoms with E-state index in [0.29, 0.717) is 27.3 Å². The summed E-state index contributed by atoms with van der Waals surface area (Å²) in [5.74, 6) is 0.451. The molecule has 0 aliphatic rings. The van der Waals surface area contributed by atoms with Gasteiger partial charge in [-0.2, -0.15) is 5.10 Å². The number of hydrogen-bond donors (Lipinski definition) is 1. The number of aryl methyl sites for hydroxylation is 3. The molecule has 4 rings (SSSR count). The maximum Gasteiger partial charge on any atom is 0.258 e. The van der Waals surface area contributed by atoms with E-state index in [0.717, 1.165) is 28.3 Å². The van der Waals surface area contributed by atoms with Gasteiger partial charge in [-0.1, -0.05) is 29.8 Å². The molecule has 30 heavy (non-hydrogen) atoms. The summed E-state index contributed by atoms with van der Waals surface area (Å²) >= 11 is 6.66. The third kappa shape index (κ3) is 3.39. The summed E-state index contributed by atoms with van der Waals surface area (Å²) in [4.78, 5) is 17.5. The maximum atomic E-state index is 13.0. The van der Waals surface area contributed by atoms with Gasteiger partial charge in [0.25, 0.3) is 5.91 Å². The molecule has 0 bridgehead atoms. The monoisotopic (exact) mass is 420 g/mol. The van der Waals surface area contributed by atoms with Crippen molar-refractivity contribution in [1.29, 1.82) is 0 Å². The van der Waals surface area contributed by atoms with E-state index in [4.69, 9.17) is 16.3 Å². The lowest BCUT2D eigenvalue weighted by Gasteiger charge is -2.12. The Morgan fingerprint density at radius 1 is 1.07 bits per heavy atom. The molecule has 0 saturated carbocycles. The highest BCUT2D eigenvalue weighted by molar-refractivity contribution is 6.39. The van der Waals surface area contributed by atoms with Crippen LogP contribution in [0.2, 0.25) is 5.02 Å². The Hall–Kier alpha value is -3.38. The molecule has 0 fully saturated rings. The van der Waals surface area contributed by atoms with Gasteiger partial charge in [-0.15, -0.1) is 0 Å². The van der Waals surface area contributed by atoms with Crippen LogP contribution in [0.4, 0.5) is 5.69 Å². The Bertz CT molecular complexity index is 1240. The molecule has 0 aliphatic carbocycles. The van der Waals surface area contributed by atoms with E-state index >= 15 is 0 Å². The van der Waals surface area contributed by atoms with Crippen LogP contribution in [0.25, 0.3) is 16.7 Å². The number of halogens is 1. The van der Waals surface area contributed by atoms with Crippen molar-refractivity contribution >= 4 is 34.2 Å². The summed E-state index contributed by atoms with van der Waals surface area (Å²) in [7, 11) is 1.62. The SMILES string of the molecule is COc1ccc(-n2nc(C)c3c(Cl)c(C(=O)Nc4c(C)cccc4C)cnc32)cc1. The summed E-state index contributed by atoms with van der Waals surface area (Å²) in [6, 6.07) is 13.4. The number of nitrogens with zero attached hydrogens (tertiary/aromatic N) is 3. The molecule has 0 unspecified atom stereocenters. The lowest BCUT2D eigenvalue weighted by molar-refractivity contribution is 0.102. The average molecular weight is 421 g/mol. The van der Waals surface area contributed by atoms with Gasteiger partial charge < -0.3 is 10.1 Å². The lowest BCUT2D eigenvalue weighted by Crippen LogP contribution is -2.15. The number of pyridine rings is 1. The van der Waals surface area contributed by atoms with Crippen LogP contribution >= 0.6 is 11.6 Å². The van der Waals surface area contributed by atoms with Gasteiger partial charge in [-0.05, 0) is 56.2 Å². The van der Waals surface area contributed by atoms with Crippen LogP contribution in [0.15, 0.2) is 48.7 Å². The smallest absolute Gasteiger partial charge is 0.258 e. The van der Waals surface area contributed by atoms with Crippen molar-refractivity contribution in [3.05, 3.63) is 76.1 Å². The normalized spacial score (nSPS) is 11.0. The standard InChI is InChI=1S/C23H21ClN4O2/c1-13-6-5-7-14(2)21(13)26-23(29)18-12-25-22-19(20(18)24)15(3)27-28(22)16-8-10-17(30-4)11-9-16/h5-12H,1-4H3,(H,26,29). The molecule has 0 spiro atoms. The molecule has 0 atom stereocenters. The van der Waals surface area contributed by atoms with E-state index in [1.165, 1.54) is 6.20 Å². The third-order valence-electron chi connectivity index (χ3n) is 5.09. The van der Waals surface area contributed by atoms with E-state index in [-0.39, 0.29) is 5.91 Å². The number of ether oxygens (including phenoxy) is 1. The van der Waals surface area contributed by atoms with E-state index in [1.54, 1.807) is 11.8 Å². The molecule has 2 aromatic heterocycles. The van der Waals surface area contributed by atoms with E-state index in [1.807, 2.05) is 63.2 Å². The summed E-state index contributed by atoms with van der Waals surface area (Å²) < 4.78 is 6.93. The van der Waals surface area contributed by atoms with E-state index in [2.05, 4.69) is 15.4 Å². The molecular formula is C23H21ClN4O2. The number of amides is 1. The number of anilines is 1. The number of para-hydroxylation sites is 1. The van der Waals surface area contributed by atoms with E-state index in [9.17, 15) is 4.79 Å². The topological polar surface area (TPSA) is 69.0 Å². The number of benzene rings is 2. The molecule has 2 heterocycles. The number of aromatic nitrogens is 3. The first-order valence-electron chi connectivity index (χ1n) is 9.46. The van der Waals surface area contributed by atoms with Gasteiger partial charge in [0.15, 0.2) is 5.65 Å². The van der Waals surface area contributed by atoms with Gasteiger partial charge in [0, 0.05) is 11.9 Å². The number of nitrogens with one attached hydrogen (secondary N) is 1. The minimum Gasteiger partial charge on any atom is -0.497 e. The minimum absolute atomic E-state index is 0.302. The first-order valence-corrected chi connectivity index (χ1v) is 9.84. The zero-order valence-electron chi connectivity index (χ0n) is 17.2. The second-order valence-corrected chi connectivity index (χ2v) is 7.48. The second kappa shape index (κ2) is 7.80. The predicted molar refractivity (Wildman–Crippen MR) is 119 cm³/mol. The van der Waals surface area contributed by atoms with Gasteiger partial charge in [-0.25, -0.2) is 9.67 Å². The lowest BCUT2D eigenvalue weighted by atomic mass is 10.1. The van der Waals surface area contributed by atoms with Crippen LogP contribution in [-0.4, -0.2) is 27.8 Å². The number of fused-ring (bicyclic) bond motifs is 1. The minimum atomic E-state index is -0.302. The highest BCUT2D eigenvalue weighted by atomic mass is 35.5. The Labute approximate surface area is 179 Å². The number of rotatable bonds is 4. The highest BCUT2D eigenvalue weighted by Gasteiger charge is 2.21. The molecule has 0 saturated heterocycles. The molecule has 0 radical (unpaired) electrons. The third-order valence-corrected chi connectivity index (χ3v) is 5.48. The van der Waals surface area contributed by atoms with Crippen molar-refractivity contribution in [1.82, 2.24) is 14.8 Å². The number of carbonyl (C=O) groups is 1. The van der Waals surface area contributed by atoms with Crippen LogP contribution in [0.5, 0.6) is 5.75 Å². The van der Waals surface area contributed by atoms with Crippen LogP contribution < -0.4 is 10.1 Å². The molecule has 2 aromatic carbocycles. The zero-order valence-corrected chi connectivity index (χ0v) is 17.9.